The van der Waals surface area contributed by atoms with Crippen molar-refractivity contribution in [3.8, 4) is 0 Å². The molecule has 1 aliphatic heterocycles. The monoisotopic (exact) mass is 264 g/mol. The van der Waals surface area contributed by atoms with Crippen molar-refractivity contribution in [3.05, 3.63) is 0 Å². The molecule has 0 spiro atoms. The van der Waals surface area contributed by atoms with Crippen LogP contribution in [0, 0.1) is 29.6 Å². The fraction of sp³-hybridized carbons (Fsp3) is 0.933. The number of amides is 1. The van der Waals surface area contributed by atoms with Gasteiger partial charge in [-0.2, -0.15) is 0 Å². The number of nitrogens with two attached hydrogens (primary N) is 1. The topological polar surface area (TPSA) is 55.6 Å². The molecule has 0 aromatic heterocycles. The van der Waals surface area contributed by atoms with Crippen LogP contribution in [0.5, 0.6) is 0 Å². The first kappa shape index (κ1) is 12.0. The summed E-state index contributed by atoms with van der Waals surface area (Å²) in [5.41, 5.74) is 6.05. The zero-order valence-electron chi connectivity index (χ0n) is 11.5. The van der Waals surface area contributed by atoms with Crippen molar-refractivity contribution in [1.82, 2.24) is 4.90 Å². The predicted octanol–water partition coefficient (Wildman–Crippen LogP) is 1.84. The van der Waals surface area contributed by atoms with Gasteiger partial charge in [-0.25, -0.2) is 4.79 Å². The van der Waals surface area contributed by atoms with E-state index in [1.54, 1.807) is 0 Å². The maximum atomic E-state index is 11.9. The van der Waals surface area contributed by atoms with E-state index in [4.69, 9.17) is 10.5 Å². The molecule has 5 aliphatic rings. The third kappa shape index (κ3) is 1.79. The van der Waals surface area contributed by atoms with E-state index in [0.29, 0.717) is 19.1 Å². The molecule has 4 aliphatic carbocycles. The van der Waals surface area contributed by atoms with Gasteiger partial charge in [-0.1, -0.05) is 0 Å². The quantitative estimate of drug-likeness (QED) is 0.846. The molecule has 106 valence electrons. The van der Waals surface area contributed by atoms with Crippen LogP contribution in [0.3, 0.4) is 0 Å². The summed E-state index contributed by atoms with van der Waals surface area (Å²) < 4.78 is 5.12. The molecule has 4 heteroatoms. The molecular weight excluding hydrogens is 240 g/mol. The SMILES string of the molecule is NCC(C1C2CC3CC(C2)CC1C3)N1CCOC1=O. The standard InChI is InChI=1S/C15H24N2O2/c16-8-13(17-1-2-19-15(17)18)14-11-4-9-3-10(6-11)7-12(14)5-9/h9-14H,1-8,16H2. The van der Waals surface area contributed by atoms with Gasteiger partial charge in [0.05, 0.1) is 12.6 Å². The van der Waals surface area contributed by atoms with Crippen molar-refractivity contribution in [2.75, 3.05) is 19.7 Å². The molecule has 5 rings (SSSR count). The third-order valence-corrected chi connectivity index (χ3v) is 6.18. The molecule has 1 saturated heterocycles. The van der Waals surface area contributed by atoms with Gasteiger partial charge in [-0.3, -0.25) is 0 Å². The second-order valence-electron chi connectivity index (χ2n) is 7.12. The predicted molar refractivity (Wildman–Crippen MR) is 71.4 cm³/mol. The number of rotatable bonds is 3. The summed E-state index contributed by atoms with van der Waals surface area (Å²) in [5.74, 6) is 4.23. The normalized spacial score (nSPS) is 45.6. The van der Waals surface area contributed by atoms with Gasteiger partial charge in [0.25, 0.3) is 0 Å². The Hall–Kier alpha value is -0.770. The maximum Gasteiger partial charge on any atom is 0.410 e. The Kier molecular flexibility index (Phi) is 2.76. The lowest BCUT2D eigenvalue weighted by molar-refractivity contribution is -0.0641. The molecule has 4 nitrogen and oxygen atoms in total. The van der Waals surface area contributed by atoms with E-state index < -0.39 is 0 Å². The van der Waals surface area contributed by atoms with Crippen molar-refractivity contribution in [2.24, 2.45) is 35.3 Å². The third-order valence-electron chi connectivity index (χ3n) is 6.18. The molecule has 0 radical (unpaired) electrons. The van der Waals surface area contributed by atoms with Gasteiger partial charge in [0.15, 0.2) is 0 Å². The Balaban J connectivity index is 1.58. The second kappa shape index (κ2) is 4.37. The van der Waals surface area contributed by atoms with Gasteiger partial charge in [-0.15, -0.1) is 0 Å². The van der Waals surface area contributed by atoms with Crippen LogP contribution < -0.4 is 5.73 Å². The lowest BCUT2D eigenvalue weighted by atomic mass is 9.50. The highest BCUT2D eigenvalue weighted by molar-refractivity contribution is 5.69. The number of cyclic esters (lactones) is 1. The van der Waals surface area contributed by atoms with E-state index in [1.165, 1.54) is 32.1 Å². The van der Waals surface area contributed by atoms with E-state index >= 15 is 0 Å². The molecule has 4 saturated carbocycles. The molecular formula is C15H24N2O2. The van der Waals surface area contributed by atoms with E-state index in [0.717, 1.165) is 30.2 Å². The van der Waals surface area contributed by atoms with Crippen LogP contribution in [0.4, 0.5) is 4.79 Å². The molecule has 0 aromatic rings. The van der Waals surface area contributed by atoms with Crippen LogP contribution in [0.1, 0.15) is 32.1 Å². The summed E-state index contributed by atoms with van der Waals surface area (Å²) in [7, 11) is 0. The Bertz CT molecular complexity index is 356. The van der Waals surface area contributed by atoms with Gasteiger partial charge in [0.2, 0.25) is 0 Å². The smallest absolute Gasteiger partial charge is 0.410 e. The highest BCUT2D eigenvalue weighted by Crippen LogP contribution is 2.57. The number of hydrogen-bond donors (Lipinski definition) is 1. The number of carbonyl (C=O) groups excluding carboxylic acids is 1. The van der Waals surface area contributed by atoms with E-state index in [2.05, 4.69) is 0 Å². The van der Waals surface area contributed by atoms with Crippen LogP contribution in [0.25, 0.3) is 0 Å². The van der Waals surface area contributed by atoms with Crippen molar-refractivity contribution >= 4 is 6.09 Å². The Labute approximate surface area is 114 Å². The minimum atomic E-state index is -0.135. The zero-order chi connectivity index (χ0) is 13.0. The van der Waals surface area contributed by atoms with Crippen molar-refractivity contribution in [1.29, 1.82) is 0 Å². The molecule has 2 N–H and O–H groups in total. The number of carbonyl (C=O) groups is 1. The summed E-state index contributed by atoms with van der Waals surface area (Å²) in [6.45, 7) is 1.88. The van der Waals surface area contributed by atoms with E-state index in [9.17, 15) is 4.79 Å². The van der Waals surface area contributed by atoms with Gasteiger partial charge < -0.3 is 15.4 Å². The number of ether oxygens (including phenoxy) is 1. The maximum absolute atomic E-state index is 11.9. The van der Waals surface area contributed by atoms with Crippen LogP contribution in [0.15, 0.2) is 0 Å². The zero-order valence-corrected chi connectivity index (χ0v) is 11.5. The molecule has 5 fully saturated rings. The first-order valence-electron chi connectivity index (χ1n) is 7.89. The van der Waals surface area contributed by atoms with Crippen LogP contribution in [-0.4, -0.2) is 36.7 Å². The lowest BCUT2D eigenvalue weighted by Gasteiger charge is -2.57. The van der Waals surface area contributed by atoms with E-state index in [1.807, 2.05) is 4.90 Å². The summed E-state index contributed by atoms with van der Waals surface area (Å²) in [5, 5.41) is 0. The first-order chi connectivity index (χ1) is 9.26. The molecule has 1 unspecified atom stereocenters. The van der Waals surface area contributed by atoms with Crippen LogP contribution in [0.2, 0.25) is 0 Å². The summed E-state index contributed by atoms with van der Waals surface area (Å²) in [4.78, 5) is 13.8. The largest absolute Gasteiger partial charge is 0.448 e. The second-order valence-corrected chi connectivity index (χ2v) is 7.12. The van der Waals surface area contributed by atoms with Crippen molar-refractivity contribution in [3.63, 3.8) is 0 Å². The summed E-state index contributed by atoms with van der Waals surface area (Å²) >= 11 is 0. The molecule has 0 aromatic carbocycles. The van der Waals surface area contributed by atoms with Crippen LogP contribution in [-0.2, 0) is 4.74 Å². The highest BCUT2D eigenvalue weighted by Gasteiger charge is 2.52. The minimum Gasteiger partial charge on any atom is -0.448 e. The average molecular weight is 264 g/mol. The lowest BCUT2D eigenvalue weighted by Crippen LogP contribution is -2.56. The highest BCUT2D eigenvalue weighted by atomic mass is 16.6. The number of nitrogens with zero attached hydrogens (tertiary/aromatic N) is 1. The first-order valence-corrected chi connectivity index (χ1v) is 7.89. The summed E-state index contributed by atoms with van der Waals surface area (Å²) in [6.07, 6.45) is 6.88. The van der Waals surface area contributed by atoms with Crippen LogP contribution >= 0.6 is 0 Å². The van der Waals surface area contributed by atoms with Crippen molar-refractivity contribution < 1.29 is 9.53 Å². The van der Waals surface area contributed by atoms with Gasteiger partial charge in [-0.05, 0) is 61.7 Å². The average Bonchev–Trinajstić information content (AvgIpc) is 2.79. The molecule has 4 bridgehead atoms. The Morgan fingerprint density at radius 3 is 2.26 bits per heavy atom. The molecule has 1 amide bonds. The fourth-order valence-electron chi connectivity index (χ4n) is 5.79. The summed E-state index contributed by atoms with van der Waals surface area (Å²) in [6, 6.07) is 0.227. The number of hydrogen-bond acceptors (Lipinski definition) is 3. The Morgan fingerprint density at radius 1 is 1.16 bits per heavy atom. The molecule has 1 heterocycles. The van der Waals surface area contributed by atoms with E-state index in [-0.39, 0.29) is 12.1 Å². The van der Waals surface area contributed by atoms with Gasteiger partial charge >= 0.3 is 6.09 Å². The van der Waals surface area contributed by atoms with Gasteiger partial charge in [0.1, 0.15) is 6.61 Å². The molecule has 19 heavy (non-hydrogen) atoms. The minimum absolute atomic E-state index is 0.135. The van der Waals surface area contributed by atoms with Crippen molar-refractivity contribution in [2.45, 2.75) is 38.1 Å². The fourth-order valence-corrected chi connectivity index (χ4v) is 5.79. The van der Waals surface area contributed by atoms with Gasteiger partial charge in [0, 0.05) is 6.54 Å². The molecule has 1 atom stereocenters. The Morgan fingerprint density at radius 2 is 1.79 bits per heavy atom.